The van der Waals surface area contributed by atoms with Crippen LogP contribution in [0.25, 0.3) is 0 Å². The van der Waals surface area contributed by atoms with Crippen LogP contribution in [0.1, 0.15) is 28.5 Å². The summed E-state index contributed by atoms with van der Waals surface area (Å²) >= 11 is 6.09. The predicted molar refractivity (Wildman–Crippen MR) is 87.1 cm³/mol. The SMILES string of the molecule is CCOC(=O)c1c(C)nc(NCc2cnn(C)c2)c([N+](=O)[O-])c1Cl. The Morgan fingerprint density at radius 3 is 2.79 bits per heavy atom. The molecule has 0 aromatic carbocycles. The van der Waals surface area contributed by atoms with Gasteiger partial charge in [0.2, 0.25) is 5.82 Å². The molecular weight excluding hydrogens is 338 g/mol. The van der Waals surface area contributed by atoms with E-state index in [0.29, 0.717) is 0 Å². The lowest BCUT2D eigenvalue weighted by molar-refractivity contribution is -0.384. The fourth-order valence-electron chi connectivity index (χ4n) is 2.14. The van der Waals surface area contributed by atoms with E-state index >= 15 is 0 Å². The molecule has 0 radical (unpaired) electrons. The highest BCUT2D eigenvalue weighted by atomic mass is 35.5. The molecule has 0 saturated heterocycles. The second-order valence-electron chi connectivity index (χ2n) is 4.94. The number of ether oxygens (including phenoxy) is 1. The predicted octanol–water partition coefficient (Wildman–Crippen LogP) is 2.47. The van der Waals surface area contributed by atoms with Crippen molar-refractivity contribution in [2.75, 3.05) is 11.9 Å². The van der Waals surface area contributed by atoms with Crippen molar-refractivity contribution in [1.29, 1.82) is 0 Å². The van der Waals surface area contributed by atoms with Crippen LogP contribution in [0.5, 0.6) is 0 Å². The van der Waals surface area contributed by atoms with Gasteiger partial charge in [0.25, 0.3) is 0 Å². The molecule has 1 N–H and O–H groups in total. The fraction of sp³-hybridized carbons (Fsp3) is 0.357. The number of rotatable bonds is 6. The Labute approximate surface area is 142 Å². The summed E-state index contributed by atoms with van der Waals surface area (Å²) in [5, 5.41) is 18.0. The summed E-state index contributed by atoms with van der Waals surface area (Å²) in [5.74, 6) is -0.756. The molecule has 24 heavy (non-hydrogen) atoms. The van der Waals surface area contributed by atoms with Crippen molar-refractivity contribution in [2.45, 2.75) is 20.4 Å². The molecule has 2 aromatic heterocycles. The number of hydrogen-bond donors (Lipinski definition) is 1. The molecule has 0 aliphatic rings. The zero-order valence-electron chi connectivity index (χ0n) is 13.4. The molecule has 2 aromatic rings. The van der Waals surface area contributed by atoms with Gasteiger partial charge >= 0.3 is 11.7 Å². The lowest BCUT2D eigenvalue weighted by atomic mass is 10.1. The lowest BCUT2D eigenvalue weighted by Crippen LogP contribution is -2.13. The van der Waals surface area contributed by atoms with Crippen LogP contribution in [0.2, 0.25) is 5.02 Å². The van der Waals surface area contributed by atoms with Gasteiger partial charge in [-0.2, -0.15) is 5.10 Å². The first kappa shape index (κ1) is 17.7. The standard InChI is InChI=1S/C14H16ClN5O4/c1-4-24-14(21)10-8(2)18-13(12(11(10)15)20(22)23)16-5-9-6-17-19(3)7-9/h6-7H,4-5H2,1-3H3,(H,16,18). The van der Waals surface area contributed by atoms with Gasteiger partial charge in [-0.15, -0.1) is 0 Å². The van der Waals surface area contributed by atoms with Crippen molar-refractivity contribution in [3.05, 3.63) is 44.4 Å². The Morgan fingerprint density at radius 2 is 2.25 bits per heavy atom. The molecule has 0 fully saturated rings. The van der Waals surface area contributed by atoms with Crippen LogP contribution in [0.15, 0.2) is 12.4 Å². The lowest BCUT2D eigenvalue weighted by Gasteiger charge is -2.11. The molecule has 0 aliphatic heterocycles. The summed E-state index contributed by atoms with van der Waals surface area (Å²) in [4.78, 5) is 26.8. The smallest absolute Gasteiger partial charge is 0.341 e. The highest BCUT2D eigenvalue weighted by molar-refractivity contribution is 6.36. The van der Waals surface area contributed by atoms with Crippen molar-refractivity contribution >= 4 is 29.1 Å². The van der Waals surface area contributed by atoms with Gasteiger partial charge in [-0.25, -0.2) is 9.78 Å². The normalized spacial score (nSPS) is 10.5. The first-order valence-corrected chi connectivity index (χ1v) is 7.46. The third kappa shape index (κ3) is 3.62. The maximum absolute atomic E-state index is 12.0. The number of halogens is 1. The van der Waals surface area contributed by atoms with Gasteiger partial charge in [-0.1, -0.05) is 11.6 Å². The number of nitrogens with zero attached hydrogens (tertiary/aromatic N) is 4. The third-order valence-corrected chi connectivity index (χ3v) is 3.54. The van der Waals surface area contributed by atoms with Crippen LogP contribution in [0, 0.1) is 17.0 Å². The molecule has 0 bridgehead atoms. The van der Waals surface area contributed by atoms with Gasteiger partial charge < -0.3 is 10.1 Å². The Kier molecular flexibility index (Phi) is 5.35. The summed E-state index contributed by atoms with van der Waals surface area (Å²) in [6.45, 7) is 3.57. The van der Waals surface area contributed by atoms with Gasteiger partial charge in [-0.05, 0) is 13.8 Å². The average molecular weight is 354 g/mol. The first-order chi connectivity index (χ1) is 11.3. The quantitative estimate of drug-likeness (QED) is 0.482. The maximum Gasteiger partial charge on any atom is 0.341 e. The van der Waals surface area contributed by atoms with Crippen molar-refractivity contribution < 1.29 is 14.5 Å². The van der Waals surface area contributed by atoms with Gasteiger partial charge in [-0.3, -0.25) is 14.8 Å². The van der Waals surface area contributed by atoms with E-state index in [9.17, 15) is 14.9 Å². The van der Waals surface area contributed by atoms with E-state index in [4.69, 9.17) is 16.3 Å². The zero-order valence-corrected chi connectivity index (χ0v) is 14.1. The van der Waals surface area contributed by atoms with Crippen LogP contribution < -0.4 is 5.32 Å². The second kappa shape index (κ2) is 7.26. The minimum absolute atomic E-state index is 0.0144. The molecular formula is C14H16ClN5O4. The molecule has 0 atom stereocenters. The topological polar surface area (TPSA) is 112 Å². The number of carbonyl (C=O) groups is 1. The molecule has 0 spiro atoms. The largest absolute Gasteiger partial charge is 0.462 e. The van der Waals surface area contributed by atoms with Crippen molar-refractivity contribution in [1.82, 2.24) is 14.8 Å². The van der Waals surface area contributed by atoms with E-state index in [0.717, 1.165) is 5.56 Å². The van der Waals surface area contributed by atoms with Gasteiger partial charge in [0.05, 0.1) is 23.4 Å². The van der Waals surface area contributed by atoms with Gasteiger partial charge in [0, 0.05) is 25.4 Å². The number of anilines is 1. The van der Waals surface area contributed by atoms with Gasteiger partial charge in [0.15, 0.2) is 0 Å². The third-order valence-electron chi connectivity index (χ3n) is 3.17. The number of esters is 1. The number of aromatic nitrogens is 3. The van der Waals surface area contributed by atoms with E-state index in [2.05, 4.69) is 15.4 Å². The fourth-order valence-corrected chi connectivity index (χ4v) is 2.51. The summed E-state index contributed by atoms with van der Waals surface area (Å²) in [7, 11) is 1.76. The minimum Gasteiger partial charge on any atom is -0.462 e. The van der Waals surface area contributed by atoms with E-state index in [-0.39, 0.29) is 35.2 Å². The summed E-state index contributed by atoms with van der Waals surface area (Å²) < 4.78 is 6.49. The molecule has 2 rings (SSSR count). The van der Waals surface area contributed by atoms with Crippen LogP contribution >= 0.6 is 11.6 Å². The first-order valence-electron chi connectivity index (χ1n) is 7.08. The monoisotopic (exact) mass is 353 g/mol. The van der Waals surface area contributed by atoms with E-state index in [1.807, 2.05) is 0 Å². The number of pyridine rings is 1. The molecule has 10 heteroatoms. The molecule has 0 amide bonds. The highest BCUT2D eigenvalue weighted by Gasteiger charge is 2.29. The van der Waals surface area contributed by atoms with E-state index < -0.39 is 16.6 Å². The summed E-state index contributed by atoms with van der Waals surface area (Å²) in [6.07, 6.45) is 3.39. The van der Waals surface area contributed by atoms with Crippen LogP contribution in [0.3, 0.4) is 0 Å². The van der Waals surface area contributed by atoms with Gasteiger partial charge in [0.1, 0.15) is 10.6 Å². The van der Waals surface area contributed by atoms with Crippen LogP contribution in [-0.4, -0.2) is 32.3 Å². The second-order valence-corrected chi connectivity index (χ2v) is 5.31. The number of hydrogen-bond acceptors (Lipinski definition) is 7. The number of carbonyl (C=O) groups excluding carboxylic acids is 1. The Morgan fingerprint density at radius 1 is 1.54 bits per heavy atom. The Hall–Kier alpha value is -2.68. The summed E-state index contributed by atoms with van der Waals surface area (Å²) in [5.41, 5.74) is 0.501. The van der Waals surface area contributed by atoms with E-state index in [1.165, 1.54) is 6.92 Å². The zero-order chi connectivity index (χ0) is 17.9. The number of aryl methyl sites for hydroxylation is 2. The molecule has 0 saturated carbocycles. The molecule has 9 nitrogen and oxygen atoms in total. The molecule has 128 valence electrons. The molecule has 0 unspecified atom stereocenters. The van der Waals surface area contributed by atoms with Crippen LogP contribution in [-0.2, 0) is 18.3 Å². The van der Waals surface area contributed by atoms with E-state index in [1.54, 1.807) is 31.0 Å². The Bertz CT molecular complexity index is 790. The highest BCUT2D eigenvalue weighted by Crippen LogP contribution is 2.36. The van der Waals surface area contributed by atoms with Crippen molar-refractivity contribution in [3.8, 4) is 0 Å². The van der Waals surface area contributed by atoms with Crippen LogP contribution in [0.4, 0.5) is 11.5 Å². The maximum atomic E-state index is 12.0. The van der Waals surface area contributed by atoms with Crippen molar-refractivity contribution in [3.63, 3.8) is 0 Å². The summed E-state index contributed by atoms with van der Waals surface area (Å²) in [6, 6.07) is 0. The number of nitro groups is 1. The minimum atomic E-state index is -0.741. The number of nitrogens with one attached hydrogen (secondary N) is 1. The molecule has 2 heterocycles. The Balaban J connectivity index is 2.40. The van der Waals surface area contributed by atoms with Crippen molar-refractivity contribution in [2.24, 2.45) is 7.05 Å². The molecule has 0 aliphatic carbocycles. The average Bonchev–Trinajstić information content (AvgIpc) is 2.90.